The molecule has 2 nitrogen and oxygen atoms in total. The fourth-order valence-corrected chi connectivity index (χ4v) is 24.2. The number of carbonyl (C=O) groups is 2. The zero-order chi connectivity index (χ0) is 59.3. The molecule has 0 radical (unpaired) electrons. The van der Waals surface area contributed by atoms with Crippen LogP contribution in [0.2, 0.25) is 0 Å². The van der Waals surface area contributed by atoms with E-state index in [4.69, 9.17) is 0 Å². The second-order valence-electron chi connectivity index (χ2n) is 28.9. The van der Waals surface area contributed by atoms with Gasteiger partial charge in [0.25, 0.3) is 0 Å². The molecule has 4 fully saturated rings. The van der Waals surface area contributed by atoms with Crippen LogP contribution in [0.5, 0.6) is 0 Å². The molecule has 0 bridgehead atoms. The lowest BCUT2D eigenvalue weighted by atomic mass is 9.50. The fourth-order valence-electron chi connectivity index (χ4n) is 18.1. The third-order valence-electron chi connectivity index (χ3n) is 22.5. The summed E-state index contributed by atoms with van der Waals surface area (Å²) >= 11 is 9.76. The molecule has 12 atom stereocenters. The molecule has 85 heavy (non-hydrogen) atoms. The standard InChI is InChI=1S/C78H120O2S5/c1-7-11-15-19-23-25-27-29-33-37-41-57(39-35-31-21-17-13-9-3)48-59-50-62-61(63-52-65(75(79)73(59)63)67-44-43-55(5)81-67)51-60(49-58(40-36-32-22-18-14-10-4)42-38-34-30-28-26-24-20-16-12-8-2)74-64(62)53-66(76(74)80)68-45-46-69(83-68)70-54-72-78(85-70)77-71(84-72)47-56(6)82-77/h43-47,54,57-66,73-74H,7-42,48-53H2,1-6H3. The number of carbonyl (C=O) groups excluding carboxylic acids is 2. The van der Waals surface area contributed by atoms with E-state index in [0.29, 0.717) is 58.9 Å². The third kappa shape index (κ3) is 18.8. The molecule has 4 aliphatic carbocycles. The predicted molar refractivity (Wildman–Crippen MR) is 379 cm³/mol. The first kappa shape index (κ1) is 67.7. The number of ketones is 2. The summed E-state index contributed by atoms with van der Waals surface area (Å²) < 4.78 is 5.78. The maximum absolute atomic E-state index is 16.0. The van der Waals surface area contributed by atoms with Crippen molar-refractivity contribution >= 4 is 87.1 Å². The SMILES string of the molecule is CCCCCCCCCCCCC(CCCCCCCC)CC1CC2C(CC(CC(CCCCCCCC)CCCCCCCCCCCC)C3C(=O)C(c4ccc(-c5cc6sc7cc(C)sc7c6s5)s4)CC23)C2CC(c3ccc(C)s3)C(=O)C12. The molecule has 0 N–H and O–H groups in total. The van der Waals surface area contributed by atoms with E-state index in [1.165, 1.54) is 305 Å². The van der Waals surface area contributed by atoms with Gasteiger partial charge in [0.2, 0.25) is 0 Å². The maximum Gasteiger partial charge on any atom is 0.144 e. The van der Waals surface area contributed by atoms with Gasteiger partial charge in [0.15, 0.2) is 0 Å². The highest BCUT2D eigenvalue weighted by Crippen LogP contribution is 2.65. The lowest BCUT2D eigenvalue weighted by Crippen LogP contribution is -2.49. The smallest absolute Gasteiger partial charge is 0.144 e. The van der Waals surface area contributed by atoms with E-state index in [0.717, 1.165) is 12.8 Å². The van der Waals surface area contributed by atoms with Crippen molar-refractivity contribution in [3.8, 4) is 9.75 Å². The maximum atomic E-state index is 16.0. The molecule has 0 aliphatic heterocycles. The van der Waals surface area contributed by atoms with Gasteiger partial charge in [-0.05, 0) is 136 Å². The van der Waals surface area contributed by atoms with E-state index < -0.39 is 0 Å². The van der Waals surface area contributed by atoms with Gasteiger partial charge in [0.1, 0.15) is 11.6 Å². The van der Waals surface area contributed by atoms with Crippen molar-refractivity contribution < 1.29 is 9.59 Å². The molecule has 5 aromatic heterocycles. The predicted octanol–water partition coefficient (Wildman–Crippen LogP) is 27.3. The van der Waals surface area contributed by atoms with Crippen LogP contribution >= 0.6 is 56.7 Å². The van der Waals surface area contributed by atoms with E-state index in [2.05, 4.69) is 77.9 Å². The molecule has 9 rings (SSSR count). The van der Waals surface area contributed by atoms with Crippen LogP contribution in [0.15, 0.2) is 36.4 Å². The zero-order valence-corrected chi connectivity index (χ0v) is 59.0. The number of rotatable bonds is 43. The summed E-state index contributed by atoms with van der Waals surface area (Å²) in [5.41, 5.74) is 0. The van der Waals surface area contributed by atoms with E-state index in [-0.39, 0.29) is 23.7 Å². The van der Waals surface area contributed by atoms with Crippen LogP contribution in [-0.2, 0) is 9.59 Å². The summed E-state index contributed by atoms with van der Waals surface area (Å²) in [5.74, 6) is 6.08. The molecular weight excluding hydrogens is 1130 g/mol. The summed E-state index contributed by atoms with van der Waals surface area (Å²) in [6.07, 6.45) is 56.6. The van der Waals surface area contributed by atoms with E-state index in [1.807, 2.05) is 56.7 Å². The highest BCUT2D eigenvalue weighted by molar-refractivity contribution is 7.39. The number of thiophene rings is 5. The van der Waals surface area contributed by atoms with Gasteiger partial charge >= 0.3 is 0 Å². The van der Waals surface area contributed by atoms with E-state index >= 15 is 9.59 Å². The van der Waals surface area contributed by atoms with Crippen LogP contribution in [0.1, 0.15) is 329 Å². The van der Waals surface area contributed by atoms with E-state index in [9.17, 15) is 0 Å². The Kier molecular flexibility index (Phi) is 28.6. The van der Waals surface area contributed by atoms with Gasteiger partial charge in [-0.3, -0.25) is 9.59 Å². The summed E-state index contributed by atoms with van der Waals surface area (Å²) in [6, 6.07) is 14.3. The minimum atomic E-state index is 0.0155. The Morgan fingerprint density at radius 1 is 0.365 bits per heavy atom. The Morgan fingerprint density at radius 2 is 0.741 bits per heavy atom. The normalized spacial score (nSPS) is 24.7. The summed E-state index contributed by atoms with van der Waals surface area (Å²) in [5, 5.41) is 0. The molecule has 0 spiro atoms. The van der Waals surface area contributed by atoms with Gasteiger partial charge in [-0.15, -0.1) is 56.7 Å². The summed E-state index contributed by atoms with van der Waals surface area (Å²) in [4.78, 5) is 39.9. The molecule has 0 amide bonds. The van der Waals surface area contributed by atoms with Crippen molar-refractivity contribution in [2.75, 3.05) is 0 Å². The Hall–Kier alpha value is -1.64. The fraction of sp³-hybridized carbons (Fsp3) is 0.769. The molecule has 7 heteroatoms. The largest absolute Gasteiger partial charge is 0.299 e. The molecular formula is C78H120O2S5. The molecule has 12 unspecified atom stereocenters. The van der Waals surface area contributed by atoms with Crippen molar-refractivity contribution in [2.24, 2.45) is 59.2 Å². The second-order valence-corrected chi connectivity index (χ2v) is 34.8. The van der Waals surface area contributed by atoms with Crippen LogP contribution < -0.4 is 0 Å². The van der Waals surface area contributed by atoms with E-state index in [1.54, 1.807) is 0 Å². The molecule has 0 aromatic carbocycles. The first-order valence-electron chi connectivity index (χ1n) is 36.9. The molecule has 5 heterocycles. The number of hydrogen-bond donors (Lipinski definition) is 0. The molecule has 4 saturated carbocycles. The average Bonchev–Trinajstić information content (AvgIpc) is 2.42. The highest BCUT2D eigenvalue weighted by atomic mass is 32.1. The Labute approximate surface area is 540 Å². The second kappa shape index (κ2) is 35.8. The minimum Gasteiger partial charge on any atom is -0.299 e. The first-order chi connectivity index (χ1) is 41.7. The van der Waals surface area contributed by atoms with Crippen LogP contribution in [0.3, 0.4) is 0 Å². The van der Waals surface area contributed by atoms with Crippen LogP contribution in [0, 0.1) is 73.0 Å². The zero-order valence-electron chi connectivity index (χ0n) is 54.9. The average molecular weight is 1250 g/mol. The van der Waals surface area contributed by atoms with Crippen molar-refractivity contribution in [3.63, 3.8) is 0 Å². The van der Waals surface area contributed by atoms with Crippen molar-refractivity contribution in [2.45, 2.75) is 323 Å². The highest BCUT2D eigenvalue weighted by Gasteiger charge is 2.62. The van der Waals surface area contributed by atoms with Gasteiger partial charge in [-0.25, -0.2) is 0 Å². The lowest BCUT2D eigenvalue weighted by Gasteiger charge is -2.53. The number of hydrogen-bond acceptors (Lipinski definition) is 7. The molecule has 474 valence electrons. The number of unbranched alkanes of at least 4 members (excludes halogenated alkanes) is 28. The first-order valence-corrected chi connectivity index (χ1v) is 40.9. The Morgan fingerprint density at radius 3 is 1.15 bits per heavy atom. The minimum absolute atomic E-state index is 0.0155. The van der Waals surface area contributed by atoms with Gasteiger partial charge in [-0.2, -0.15) is 0 Å². The summed E-state index contributed by atoms with van der Waals surface area (Å²) in [6.45, 7) is 13.8. The quantitative estimate of drug-likeness (QED) is 0.0365. The van der Waals surface area contributed by atoms with Gasteiger partial charge < -0.3 is 0 Å². The number of aryl methyl sites for hydroxylation is 2. The van der Waals surface area contributed by atoms with Crippen molar-refractivity contribution in [1.82, 2.24) is 0 Å². The molecule has 0 saturated heterocycles. The molecule has 4 aliphatic rings. The van der Waals surface area contributed by atoms with Crippen molar-refractivity contribution in [3.05, 3.63) is 55.9 Å². The molecule has 5 aromatic rings. The van der Waals surface area contributed by atoms with Crippen LogP contribution in [0.25, 0.3) is 28.6 Å². The van der Waals surface area contributed by atoms with Gasteiger partial charge in [0, 0.05) is 50.5 Å². The summed E-state index contributed by atoms with van der Waals surface area (Å²) in [7, 11) is 0. The third-order valence-corrected chi connectivity index (χ3v) is 28.7. The van der Waals surface area contributed by atoms with Gasteiger partial charge in [-0.1, -0.05) is 259 Å². The Bertz CT molecular complexity index is 2690. The van der Waals surface area contributed by atoms with Crippen LogP contribution in [0.4, 0.5) is 0 Å². The topological polar surface area (TPSA) is 34.1 Å². The lowest BCUT2D eigenvalue weighted by molar-refractivity contribution is -0.135. The monoisotopic (exact) mass is 1250 g/mol. The Balaban J connectivity index is 0.983. The van der Waals surface area contributed by atoms with Crippen molar-refractivity contribution in [1.29, 1.82) is 0 Å². The van der Waals surface area contributed by atoms with Gasteiger partial charge in [0.05, 0.1) is 21.2 Å². The number of Topliss-reactive ketones (excluding diaryl/α,β-unsaturated/α-hetero) is 2. The number of fused-ring (bicyclic) bond motifs is 8. The van der Waals surface area contributed by atoms with Crippen LogP contribution in [-0.4, -0.2) is 11.6 Å².